The maximum absolute atomic E-state index is 16.9. The number of rotatable bonds is 8. The number of nitrogens with zero attached hydrogens (tertiary/aromatic N) is 4. The molecule has 0 spiro atoms. The standard InChI is InChI=1S/C74H52F6N4O2/c1-71(2,83-53-33-13-7-25-45(53)46-26-8-14-34-54(46)83)67-65(49-29-5-11-31-51(49)73(75,76)77)69(81-57-37-17-21-41-61(57)85-62-42-22-18-38-58(62)81)68(72(3,4)84-55-35-15-9-27-47(55)48-28-10-16-36-56(48)84)70(66(67)50-30-6-12-32-52(50)74(78,79)80)82-59-39-19-23-43-63(59)86-64-44-24-20-40-60(64)82/h5-44H,1-4H3. The van der Waals surface area contributed by atoms with E-state index in [4.69, 9.17) is 9.47 Å². The lowest BCUT2D eigenvalue weighted by molar-refractivity contribution is -0.137. The van der Waals surface area contributed by atoms with E-state index in [1.807, 2.05) is 232 Å². The Bertz CT molecular complexity index is 4540. The van der Waals surface area contributed by atoms with Crippen LogP contribution in [-0.4, -0.2) is 9.13 Å². The summed E-state index contributed by atoms with van der Waals surface area (Å²) in [5.41, 5.74) is 0.554. The molecule has 0 amide bonds. The molecule has 15 rings (SSSR count). The Labute approximate surface area is 491 Å². The normalized spacial score (nSPS) is 13.4. The topological polar surface area (TPSA) is 34.8 Å². The SMILES string of the molecule is CC(C)(c1c(-c2ccccc2C(F)(F)F)c(N2c3ccccc3Oc3ccccc32)c(C(C)(C)n2c3ccccc3c3ccccc32)c(N2c3ccccc3Oc3ccccc32)c1-c1ccccc1C(F)(F)F)n1c2ccccc2c2ccccc21. The van der Waals surface area contributed by atoms with Crippen molar-refractivity contribution in [2.75, 3.05) is 9.80 Å². The lowest BCUT2D eigenvalue weighted by Crippen LogP contribution is -2.36. The van der Waals surface area contributed by atoms with Crippen molar-refractivity contribution in [2.45, 2.75) is 51.1 Å². The number of aromatic nitrogens is 2. The fourth-order valence-electron chi connectivity index (χ4n) is 13.9. The van der Waals surface area contributed by atoms with Crippen LogP contribution in [0.1, 0.15) is 49.9 Å². The van der Waals surface area contributed by atoms with E-state index in [0.29, 0.717) is 62.3 Å². The van der Waals surface area contributed by atoms with E-state index in [-0.39, 0.29) is 39.2 Å². The predicted molar refractivity (Wildman–Crippen MR) is 333 cm³/mol. The van der Waals surface area contributed by atoms with Crippen LogP contribution in [0.2, 0.25) is 0 Å². The Morgan fingerprint density at radius 2 is 0.547 bits per heavy atom. The van der Waals surface area contributed by atoms with E-state index in [2.05, 4.69) is 9.13 Å². The molecule has 422 valence electrons. The molecule has 12 heteroatoms. The van der Waals surface area contributed by atoms with Gasteiger partial charge in [0, 0.05) is 60.3 Å². The van der Waals surface area contributed by atoms with Gasteiger partial charge in [-0.3, -0.25) is 0 Å². The highest BCUT2D eigenvalue weighted by atomic mass is 19.4. The average molecular weight is 1140 g/mol. The Kier molecular flexibility index (Phi) is 11.7. The summed E-state index contributed by atoms with van der Waals surface area (Å²) in [4.78, 5) is 3.99. The minimum atomic E-state index is -5.00. The number of anilines is 6. The fourth-order valence-corrected chi connectivity index (χ4v) is 13.9. The van der Waals surface area contributed by atoms with Gasteiger partial charge < -0.3 is 28.4 Å². The van der Waals surface area contributed by atoms with Crippen LogP contribution in [0.4, 0.5) is 60.5 Å². The van der Waals surface area contributed by atoms with E-state index >= 15 is 26.3 Å². The van der Waals surface area contributed by atoms with Crippen LogP contribution in [0.5, 0.6) is 23.0 Å². The first kappa shape index (κ1) is 52.6. The summed E-state index contributed by atoms with van der Waals surface area (Å²) >= 11 is 0. The van der Waals surface area contributed by atoms with Gasteiger partial charge in [0.2, 0.25) is 0 Å². The van der Waals surface area contributed by atoms with Crippen LogP contribution in [0, 0.1) is 0 Å². The zero-order valence-corrected chi connectivity index (χ0v) is 47.0. The van der Waals surface area contributed by atoms with Gasteiger partial charge in [-0.15, -0.1) is 0 Å². The van der Waals surface area contributed by atoms with E-state index in [9.17, 15) is 0 Å². The van der Waals surface area contributed by atoms with Gasteiger partial charge in [-0.2, -0.15) is 26.3 Å². The molecule has 0 saturated heterocycles. The highest BCUT2D eigenvalue weighted by molar-refractivity contribution is 6.13. The van der Waals surface area contributed by atoms with Gasteiger partial charge in [0.15, 0.2) is 23.0 Å². The van der Waals surface area contributed by atoms with E-state index in [1.54, 1.807) is 12.1 Å². The molecule has 4 heterocycles. The molecule has 0 bridgehead atoms. The molecule has 86 heavy (non-hydrogen) atoms. The van der Waals surface area contributed by atoms with Crippen molar-refractivity contribution in [3.63, 3.8) is 0 Å². The minimum absolute atomic E-state index is 0.0469. The zero-order chi connectivity index (χ0) is 59.0. The summed E-state index contributed by atoms with van der Waals surface area (Å²) < 4.78 is 120. The van der Waals surface area contributed by atoms with Crippen molar-refractivity contribution >= 4 is 77.7 Å². The van der Waals surface area contributed by atoms with Crippen LogP contribution >= 0.6 is 0 Å². The molecule has 6 nitrogen and oxygen atoms in total. The van der Waals surface area contributed by atoms with Crippen LogP contribution in [0.3, 0.4) is 0 Å². The molecule has 2 aromatic heterocycles. The molecule has 11 aromatic carbocycles. The van der Waals surface area contributed by atoms with Crippen molar-refractivity contribution in [1.29, 1.82) is 0 Å². The molecule has 0 radical (unpaired) electrons. The van der Waals surface area contributed by atoms with E-state index in [0.717, 1.165) is 44.7 Å². The van der Waals surface area contributed by atoms with Gasteiger partial charge in [0.05, 0.1) is 56.3 Å². The van der Waals surface area contributed by atoms with Crippen LogP contribution < -0.4 is 19.3 Å². The van der Waals surface area contributed by atoms with Gasteiger partial charge in [0.25, 0.3) is 0 Å². The number of hydrogen-bond donors (Lipinski definition) is 0. The van der Waals surface area contributed by atoms with Gasteiger partial charge in [-0.05, 0) is 129 Å². The van der Waals surface area contributed by atoms with Crippen molar-refractivity contribution in [2.24, 2.45) is 0 Å². The quantitative estimate of drug-likeness (QED) is 0.142. The molecule has 0 N–H and O–H groups in total. The Morgan fingerprint density at radius 1 is 0.291 bits per heavy atom. The number of halogens is 6. The maximum atomic E-state index is 16.9. The smallest absolute Gasteiger partial charge is 0.417 e. The summed E-state index contributed by atoms with van der Waals surface area (Å²) in [7, 11) is 0. The number of para-hydroxylation sites is 12. The van der Waals surface area contributed by atoms with Crippen molar-refractivity contribution in [3.8, 4) is 45.3 Å². The molecular formula is C74H52F6N4O2. The van der Waals surface area contributed by atoms with Crippen molar-refractivity contribution < 1.29 is 35.8 Å². The molecule has 0 aliphatic carbocycles. The molecule has 2 aliphatic rings. The van der Waals surface area contributed by atoms with Crippen molar-refractivity contribution in [1.82, 2.24) is 9.13 Å². The number of alkyl halides is 6. The highest BCUT2D eigenvalue weighted by Crippen LogP contribution is 2.66. The van der Waals surface area contributed by atoms with Crippen LogP contribution in [0.15, 0.2) is 243 Å². The van der Waals surface area contributed by atoms with Gasteiger partial charge in [-0.1, -0.05) is 158 Å². The average Bonchev–Trinajstić information content (AvgIpc) is 0.998. The third kappa shape index (κ3) is 7.81. The zero-order valence-electron chi connectivity index (χ0n) is 47.0. The fraction of sp³-hybridized carbons (Fsp3) is 0.108. The minimum Gasteiger partial charge on any atom is -0.453 e. The molecular weight excluding hydrogens is 1090 g/mol. The Morgan fingerprint density at radius 3 is 0.860 bits per heavy atom. The second-order valence-electron chi connectivity index (χ2n) is 22.9. The molecule has 0 unspecified atom stereocenters. The Balaban J connectivity index is 1.32. The molecule has 2 aliphatic heterocycles. The van der Waals surface area contributed by atoms with Gasteiger partial charge in [-0.25, -0.2) is 0 Å². The first-order chi connectivity index (χ1) is 41.5. The predicted octanol–water partition coefficient (Wildman–Crippen LogP) is 22.0. The highest BCUT2D eigenvalue weighted by Gasteiger charge is 2.49. The lowest BCUT2D eigenvalue weighted by atomic mass is 9.72. The summed E-state index contributed by atoms with van der Waals surface area (Å²) in [6, 6.07) is 72.2. The number of ether oxygens (including phenoxy) is 2. The second-order valence-corrected chi connectivity index (χ2v) is 22.9. The number of hydrogen-bond acceptors (Lipinski definition) is 4. The first-order valence-corrected chi connectivity index (χ1v) is 28.4. The lowest BCUT2D eigenvalue weighted by Gasteiger charge is -2.47. The molecule has 0 atom stereocenters. The van der Waals surface area contributed by atoms with Gasteiger partial charge >= 0.3 is 12.4 Å². The van der Waals surface area contributed by atoms with E-state index < -0.39 is 34.6 Å². The third-order valence-corrected chi connectivity index (χ3v) is 17.3. The summed E-state index contributed by atoms with van der Waals surface area (Å²) in [6.45, 7) is 7.91. The summed E-state index contributed by atoms with van der Waals surface area (Å²) in [5.74, 6) is 1.61. The largest absolute Gasteiger partial charge is 0.453 e. The maximum Gasteiger partial charge on any atom is 0.417 e. The molecule has 0 fully saturated rings. The first-order valence-electron chi connectivity index (χ1n) is 28.4. The number of benzene rings is 11. The molecule has 13 aromatic rings. The summed E-state index contributed by atoms with van der Waals surface area (Å²) in [5, 5.41) is 3.50. The monoisotopic (exact) mass is 1140 g/mol. The van der Waals surface area contributed by atoms with Crippen molar-refractivity contribution in [3.05, 3.63) is 265 Å². The van der Waals surface area contributed by atoms with Gasteiger partial charge in [0.1, 0.15) is 0 Å². The van der Waals surface area contributed by atoms with Crippen LogP contribution in [-0.2, 0) is 23.4 Å². The second kappa shape index (κ2) is 19.2. The third-order valence-electron chi connectivity index (χ3n) is 17.3. The summed E-state index contributed by atoms with van der Waals surface area (Å²) in [6.07, 6.45) is -10.0. The van der Waals surface area contributed by atoms with E-state index in [1.165, 1.54) is 24.3 Å². The number of fused-ring (bicyclic) bond motifs is 10. The Hall–Kier alpha value is -10.2. The molecule has 0 saturated carbocycles. The van der Waals surface area contributed by atoms with Crippen LogP contribution in [0.25, 0.3) is 65.9 Å².